The molecule has 1 fully saturated rings. The first-order valence-electron chi connectivity index (χ1n) is 9.60. The third-order valence-electron chi connectivity index (χ3n) is 5.08. The number of nitrogens with zero attached hydrogens (tertiary/aromatic N) is 2. The van der Waals surface area contributed by atoms with Crippen LogP contribution in [0, 0.1) is 5.82 Å². The third-order valence-corrected chi connectivity index (χ3v) is 5.08. The summed E-state index contributed by atoms with van der Waals surface area (Å²) in [5.41, 5.74) is 1.83. The highest BCUT2D eigenvalue weighted by atomic mass is 19.1. The number of fused-ring (bicyclic) bond motifs is 1. The molecule has 4 rings (SSSR count). The van der Waals surface area contributed by atoms with Crippen molar-refractivity contribution in [1.29, 1.82) is 0 Å². The van der Waals surface area contributed by atoms with E-state index in [2.05, 4.69) is 10.2 Å². The maximum Gasteiger partial charge on any atom is 0.321 e. The number of nitrogens with one attached hydrogen (secondary N) is 1. The van der Waals surface area contributed by atoms with Gasteiger partial charge in [0, 0.05) is 44.5 Å². The number of urea groups is 1. The summed E-state index contributed by atoms with van der Waals surface area (Å²) in [7, 11) is 0. The molecule has 0 atom stereocenters. The minimum atomic E-state index is -0.207. The second-order valence-corrected chi connectivity index (χ2v) is 6.99. The lowest BCUT2D eigenvalue weighted by molar-refractivity contribution is 0.148. The summed E-state index contributed by atoms with van der Waals surface area (Å²) < 4.78 is 24.0. The maximum absolute atomic E-state index is 13.0. The highest BCUT2D eigenvalue weighted by molar-refractivity contribution is 5.89. The molecule has 28 heavy (non-hydrogen) atoms. The smallest absolute Gasteiger partial charge is 0.321 e. The second-order valence-electron chi connectivity index (χ2n) is 6.99. The number of anilines is 1. The molecule has 7 heteroatoms. The topological polar surface area (TPSA) is 54.0 Å². The van der Waals surface area contributed by atoms with Crippen molar-refractivity contribution in [2.45, 2.75) is 6.42 Å². The van der Waals surface area contributed by atoms with Gasteiger partial charge in [0.15, 0.2) is 11.5 Å². The molecule has 1 saturated heterocycles. The molecule has 148 valence electrons. The summed E-state index contributed by atoms with van der Waals surface area (Å²) in [6.45, 7) is 4.99. The van der Waals surface area contributed by atoms with Gasteiger partial charge in [0.2, 0.25) is 0 Å². The van der Waals surface area contributed by atoms with Gasteiger partial charge >= 0.3 is 6.03 Å². The van der Waals surface area contributed by atoms with Crippen molar-refractivity contribution in [1.82, 2.24) is 9.80 Å². The number of ether oxygens (including phenoxy) is 2. The quantitative estimate of drug-likeness (QED) is 0.879. The monoisotopic (exact) mass is 385 g/mol. The van der Waals surface area contributed by atoms with Crippen LogP contribution in [0.5, 0.6) is 11.5 Å². The van der Waals surface area contributed by atoms with Crippen LogP contribution in [-0.4, -0.2) is 61.8 Å². The second kappa shape index (κ2) is 8.48. The Kier molecular flexibility index (Phi) is 5.62. The largest absolute Gasteiger partial charge is 0.486 e. The molecular formula is C21H24FN3O3. The molecule has 2 heterocycles. The maximum atomic E-state index is 13.0. The summed E-state index contributed by atoms with van der Waals surface area (Å²) in [4.78, 5) is 16.7. The Hall–Kier alpha value is -2.80. The van der Waals surface area contributed by atoms with Crippen LogP contribution < -0.4 is 14.8 Å². The normalized spacial score (nSPS) is 16.7. The Morgan fingerprint density at radius 3 is 2.43 bits per heavy atom. The van der Waals surface area contributed by atoms with Crippen molar-refractivity contribution in [3.8, 4) is 11.5 Å². The molecule has 2 aliphatic heterocycles. The van der Waals surface area contributed by atoms with Gasteiger partial charge in [-0.25, -0.2) is 9.18 Å². The van der Waals surface area contributed by atoms with Crippen molar-refractivity contribution in [2.75, 3.05) is 51.3 Å². The van der Waals surface area contributed by atoms with Crippen LogP contribution in [0.15, 0.2) is 42.5 Å². The van der Waals surface area contributed by atoms with E-state index >= 15 is 0 Å². The molecule has 6 nitrogen and oxygen atoms in total. The molecule has 2 aromatic carbocycles. The Morgan fingerprint density at radius 1 is 0.964 bits per heavy atom. The number of hydrogen-bond acceptors (Lipinski definition) is 4. The van der Waals surface area contributed by atoms with Crippen LogP contribution in [0.4, 0.5) is 14.9 Å². The van der Waals surface area contributed by atoms with E-state index < -0.39 is 0 Å². The van der Waals surface area contributed by atoms with Gasteiger partial charge in [-0.2, -0.15) is 0 Å². The van der Waals surface area contributed by atoms with Gasteiger partial charge in [-0.3, -0.25) is 4.90 Å². The minimum absolute atomic E-state index is 0.102. The van der Waals surface area contributed by atoms with E-state index in [-0.39, 0.29) is 11.8 Å². The van der Waals surface area contributed by atoms with Crippen LogP contribution in [-0.2, 0) is 6.42 Å². The lowest BCUT2D eigenvalue weighted by atomic mass is 10.1. The van der Waals surface area contributed by atoms with Crippen molar-refractivity contribution < 1.29 is 18.7 Å². The molecule has 0 aliphatic carbocycles. The van der Waals surface area contributed by atoms with E-state index in [1.807, 2.05) is 29.2 Å². The Bertz CT molecular complexity index is 820. The SMILES string of the molecule is O=C(Nc1ccc2c(c1)OCCO2)N1CCN(CCc2ccc(F)cc2)CC1. The molecule has 2 amide bonds. The van der Waals surface area contributed by atoms with Crippen LogP contribution in [0.1, 0.15) is 5.56 Å². The zero-order valence-corrected chi connectivity index (χ0v) is 15.7. The van der Waals surface area contributed by atoms with Crippen molar-refractivity contribution >= 4 is 11.7 Å². The first kappa shape index (κ1) is 18.6. The average molecular weight is 385 g/mol. The number of rotatable bonds is 4. The zero-order valence-electron chi connectivity index (χ0n) is 15.7. The van der Waals surface area contributed by atoms with E-state index in [4.69, 9.17) is 9.47 Å². The lowest BCUT2D eigenvalue weighted by Gasteiger charge is -2.34. The van der Waals surface area contributed by atoms with Gasteiger partial charge < -0.3 is 19.7 Å². The Labute approximate surface area is 163 Å². The summed E-state index contributed by atoms with van der Waals surface area (Å²) in [6, 6.07) is 12.0. The molecule has 2 aliphatic rings. The first-order valence-corrected chi connectivity index (χ1v) is 9.60. The highest BCUT2D eigenvalue weighted by Crippen LogP contribution is 2.32. The van der Waals surface area contributed by atoms with Crippen LogP contribution in [0.25, 0.3) is 0 Å². The van der Waals surface area contributed by atoms with E-state index in [1.54, 1.807) is 6.07 Å². The molecular weight excluding hydrogens is 361 g/mol. The average Bonchev–Trinajstić information content (AvgIpc) is 2.73. The fourth-order valence-corrected chi connectivity index (χ4v) is 3.44. The third kappa shape index (κ3) is 4.54. The summed E-state index contributed by atoms with van der Waals surface area (Å²) >= 11 is 0. The number of piperazine rings is 1. The summed E-state index contributed by atoms with van der Waals surface area (Å²) in [5.74, 6) is 1.16. The van der Waals surface area contributed by atoms with Crippen LogP contribution >= 0.6 is 0 Å². The predicted octanol–water partition coefficient (Wildman–Crippen LogP) is 2.99. The van der Waals surface area contributed by atoms with Gasteiger partial charge in [0.1, 0.15) is 19.0 Å². The zero-order chi connectivity index (χ0) is 19.3. The number of benzene rings is 2. The van der Waals surface area contributed by atoms with Crippen molar-refractivity contribution in [2.24, 2.45) is 0 Å². The minimum Gasteiger partial charge on any atom is -0.486 e. The van der Waals surface area contributed by atoms with Gasteiger partial charge in [0.05, 0.1) is 0 Å². The Balaban J connectivity index is 1.24. The molecule has 1 N–H and O–H groups in total. The summed E-state index contributed by atoms with van der Waals surface area (Å²) in [5, 5.41) is 2.94. The Morgan fingerprint density at radius 2 is 1.68 bits per heavy atom. The van der Waals surface area contributed by atoms with Crippen molar-refractivity contribution in [3.63, 3.8) is 0 Å². The molecule has 2 aromatic rings. The van der Waals surface area contributed by atoms with Crippen molar-refractivity contribution in [3.05, 3.63) is 53.8 Å². The number of carbonyl (C=O) groups excluding carboxylic acids is 1. The van der Waals surface area contributed by atoms with Gasteiger partial charge in [-0.1, -0.05) is 12.1 Å². The predicted molar refractivity (Wildman–Crippen MR) is 105 cm³/mol. The van der Waals surface area contributed by atoms with Crippen LogP contribution in [0.3, 0.4) is 0 Å². The first-order chi connectivity index (χ1) is 13.7. The number of halogens is 1. The molecule has 0 spiro atoms. The highest BCUT2D eigenvalue weighted by Gasteiger charge is 2.21. The van der Waals surface area contributed by atoms with E-state index in [0.717, 1.165) is 31.6 Å². The van der Waals surface area contributed by atoms with Gasteiger partial charge in [0.25, 0.3) is 0 Å². The van der Waals surface area contributed by atoms with Gasteiger partial charge in [-0.15, -0.1) is 0 Å². The van der Waals surface area contributed by atoms with Crippen LogP contribution in [0.2, 0.25) is 0 Å². The van der Waals surface area contributed by atoms with Gasteiger partial charge in [-0.05, 0) is 36.2 Å². The molecule has 0 unspecified atom stereocenters. The van der Waals surface area contributed by atoms with E-state index in [0.29, 0.717) is 43.5 Å². The molecule has 0 radical (unpaired) electrons. The standard InChI is InChI=1S/C21H24FN3O3/c22-17-3-1-16(2-4-17)7-8-24-9-11-25(12-10-24)21(26)23-18-5-6-19-20(15-18)28-14-13-27-19/h1-6,15H,7-14H2,(H,23,26). The van der Waals surface area contributed by atoms with E-state index in [9.17, 15) is 9.18 Å². The number of hydrogen-bond donors (Lipinski definition) is 1. The summed E-state index contributed by atoms with van der Waals surface area (Å²) in [6.07, 6.45) is 0.879. The molecule has 0 aromatic heterocycles. The fraction of sp³-hybridized carbons (Fsp3) is 0.381. The lowest BCUT2D eigenvalue weighted by Crippen LogP contribution is -2.50. The molecule has 0 bridgehead atoms. The molecule has 0 saturated carbocycles. The number of amides is 2. The number of carbonyl (C=O) groups is 1. The fourth-order valence-electron chi connectivity index (χ4n) is 3.44. The van der Waals surface area contributed by atoms with E-state index in [1.165, 1.54) is 12.1 Å².